The number of nitrogens with one attached hydrogen (secondary N) is 1. The van der Waals surface area contributed by atoms with E-state index in [-0.39, 0.29) is 0 Å². The van der Waals surface area contributed by atoms with Crippen LogP contribution in [0.2, 0.25) is 0 Å². The largest absolute Gasteiger partial charge is 0.393 e. The van der Waals surface area contributed by atoms with Crippen LogP contribution in [0.1, 0.15) is 13.2 Å². The molecule has 2 heterocycles. The van der Waals surface area contributed by atoms with Gasteiger partial charge < -0.3 is 14.9 Å². The number of terminal acetylenes is 1. The Morgan fingerprint density at radius 1 is 1.63 bits per heavy atom. The summed E-state index contributed by atoms with van der Waals surface area (Å²) >= 11 is 0. The van der Waals surface area contributed by atoms with Crippen molar-refractivity contribution in [2.45, 2.75) is 24.9 Å². The second kappa shape index (κ2) is 4.66. The summed E-state index contributed by atoms with van der Waals surface area (Å²) in [6.07, 6.45) is 4.53. The molecule has 2 rings (SSSR count). The van der Waals surface area contributed by atoms with Crippen LogP contribution in [-0.4, -0.2) is 38.1 Å². The maximum absolute atomic E-state index is 11.7. The molecule has 0 aromatic carbocycles. The Labute approximate surface area is 108 Å². The average molecular weight is 266 g/mol. The maximum atomic E-state index is 11.7. The standard InChI is InChI=1S/C12H14N2O5/c1-3-7-9(17)12(2,6-15)19-10(7)14-5-4-8(16)13-11(14)18/h1,4-5,7,9-10,15,17H,6H2,2H3,(H,13,16,18)/t7-,9-,10+,12+/m0/s1. The van der Waals surface area contributed by atoms with Crippen molar-refractivity contribution in [3.05, 3.63) is 33.1 Å². The van der Waals surface area contributed by atoms with Gasteiger partial charge in [-0.25, -0.2) is 4.79 Å². The fourth-order valence-electron chi connectivity index (χ4n) is 2.12. The van der Waals surface area contributed by atoms with Gasteiger partial charge >= 0.3 is 5.69 Å². The van der Waals surface area contributed by atoms with Gasteiger partial charge in [-0.15, -0.1) is 6.42 Å². The minimum Gasteiger partial charge on any atom is -0.393 e. The summed E-state index contributed by atoms with van der Waals surface area (Å²) in [7, 11) is 0. The van der Waals surface area contributed by atoms with E-state index in [4.69, 9.17) is 11.2 Å². The van der Waals surface area contributed by atoms with Crippen molar-refractivity contribution < 1.29 is 14.9 Å². The van der Waals surface area contributed by atoms with Crippen LogP contribution in [0.25, 0.3) is 0 Å². The molecule has 102 valence electrons. The van der Waals surface area contributed by atoms with Crippen molar-refractivity contribution >= 4 is 0 Å². The summed E-state index contributed by atoms with van der Waals surface area (Å²) in [6, 6.07) is 1.15. The molecule has 1 aliphatic rings. The van der Waals surface area contributed by atoms with Gasteiger partial charge in [-0.3, -0.25) is 14.3 Å². The lowest BCUT2D eigenvalue weighted by Gasteiger charge is -2.24. The third kappa shape index (κ3) is 2.10. The molecule has 0 radical (unpaired) electrons. The van der Waals surface area contributed by atoms with Crippen molar-refractivity contribution in [3.8, 4) is 12.3 Å². The number of hydrogen-bond acceptors (Lipinski definition) is 5. The van der Waals surface area contributed by atoms with Crippen LogP contribution in [-0.2, 0) is 4.74 Å². The van der Waals surface area contributed by atoms with Crippen molar-refractivity contribution in [1.82, 2.24) is 9.55 Å². The molecule has 7 nitrogen and oxygen atoms in total. The van der Waals surface area contributed by atoms with Gasteiger partial charge in [-0.1, -0.05) is 5.92 Å². The molecule has 1 fully saturated rings. The Kier molecular flexibility index (Phi) is 3.32. The highest BCUT2D eigenvalue weighted by molar-refractivity contribution is 5.10. The van der Waals surface area contributed by atoms with Gasteiger partial charge in [0.1, 0.15) is 11.7 Å². The van der Waals surface area contributed by atoms with Crippen molar-refractivity contribution in [1.29, 1.82) is 0 Å². The molecule has 7 heteroatoms. The van der Waals surface area contributed by atoms with Gasteiger partial charge in [-0.05, 0) is 6.92 Å². The summed E-state index contributed by atoms with van der Waals surface area (Å²) in [5.41, 5.74) is -2.48. The van der Waals surface area contributed by atoms with E-state index in [1.54, 1.807) is 0 Å². The Morgan fingerprint density at radius 3 is 2.84 bits per heavy atom. The molecule has 3 N–H and O–H groups in total. The third-order valence-corrected chi connectivity index (χ3v) is 3.29. The Hall–Kier alpha value is -1.88. The van der Waals surface area contributed by atoms with Crippen LogP contribution in [0.15, 0.2) is 21.9 Å². The highest BCUT2D eigenvalue weighted by Gasteiger charge is 2.51. The zero-order chi connectivity index (χ0) is 14.2. The van der Waals surface area contributed by atoms with E-state index in [1.165, 1.54) is 13.1 Å². The van der Waals surface area contributed by atoms with E-state index in [0.29, 0.717) is 0 Å². The molecule has 0 bridgehead atoms. The lowest BCUT2D eigenvalue weighted by molar-refractivity contribution is -0.117. The van der Waals surface area contributed by atoms with Gasteiger partial charge in [-0.2, -0.15) is 0 Å². The van der Waals surface area contributed by atoms with Crippen LogP contribution in [0.3, 0.4) is 0 Å². The van der Waals surface area contributed by atoms with Crippen LogP contribution >= 0.6 is 0 Å². The van der Waals surface area contributed by atoms with Gasteiger partial charge in [0.2, 0.25) is 0 Å². The first-order valence-corrected chi connectivity index (χ1v) is 5.67. The second-order valence-corrected chi connectivity index (χ2v) is 4.63. The van der Waals surface area contributed by atoms with E-state index in [9.17, 15) is 19.8 Å². The van der Waals surface area contributed by atoms with Gasteiger partial charge in [0.05, 0.1) is 12.5 Å². The second-order valence-electron chi connectivity index (χ2n) is 4.63. The number of hydrogen-bond donors (Lipinski definition) is 3. The molecule has 1 aliphatic heterocycles. The van der Waals surface area contributed by atoms with E-state index < -0.39 is 41.7 Å². The molecule has 19 heavy (non-hydrogen) atoms. The van der Waals surface area contributed by atoms with Crippen LogP contribution < -0.4 is 11.2 Å². The molecule has 1 saturated heterocycles. The van der Waals surface area contributed by atoms with E-state index in [1.807, 2.05) is 0 Å². The predicted octanol–water partition coefficient (Wildman–Crippen LogP) is -1.57. The van der Waals surface area contributed by atoms with Gasteiger partial charge in [0, 0.05) is 12.3 Å². The molecule has 4 atom stereocenters. The predicted molar refractivity (Wildman–Crippen MR) is 65.3 cm³/mol. The van der Waals surface area contributed by atoms with Crippen LogP contribution in [0, 0.1) is 18.3 Å². The monoisotopic (exact) mass is 266 g/mol. The number of aromatic nitrogens is 2. The molecular formula is C12H14N2O5. The topological polar surface area (TPSA) is 105 Å². The van der Waals surface area contributed by atoms with Gasteiger partial charge in [0.25, 0.3) is 5.56 Å². The van der Waals surface area contributed by atoms with Crippen molar-refractivity contribution in [2.24, 2.45) is 5.92 Å². The highest BCUT2D eigenvalue weighted by Crippen LogP contribution is 2.40. The maximum Gasteiger partial charge on any atom is 0.330 e. The summed E-state index contributed by atoms with van der Waals surface area (Å²) in [5, 5.41) is 19.4. The molecule has 1 aromatic rings. The average Bonchev–Trinajstić information content (AvgIpc) is 2.62. The molecule has 0 saturated carbocycles. The first-order valence-electron chi connectivity index (χ1n) is 5.67. The fraction of sp³-hybridized carbons (Fsp3) is 0.500. The summed E-state index contributed by atoms with van der Waals surface area (Å²) in [6.45, 7) is 1.06. The summed E-state index contributed by atoms with van der Waals surface area (Å²) in [4.78, 5) is 24.8. The van der Waals surface area contributed by atoms with Crippen molar-refractivity contribution in [2.75, 3.05) is 6.61 Å². The fourth-order valence-corrected chi connectivity index (χ4v) is 2.12. The molecule has 1 aromatic heterocycles. The molecule has 0 amide bonds. The number of aliphatic hydroxyl groups excluding tert-OH is 2. The molecular weight excluding hydrogens is 252 g/mol. The summed E-state index contributed by atoms with van der Waals surface area (Å²) in [5.74, 6) is 1.55. The minimum atomic E-state index is -1.25. The number of rotatable bonds is 2. The van der Waals surface area contributed by atoms with Gasteiger partial charge in [0.15, 0.2) is 6.23 Å². The van der Waals surface area contributed by atoms with E-state index >= 15 is 0 Å². The van der Waals surface area contributed by atoms with E-state index in [2.05, 4.69) is 10.9 Å². The molecule has 0 spiro atoms. The van der Waals surface area contributed by atoms with E-state index in [0.717, 1.165) is 10.6 Å². The Bertz CT molecular complexity index is 628. The number of aliphatic hydroxyl groups is 2. The number of ether oxygens (including phenoxy) is 1. The molecule has 0 aliphatic carbocycles. The Morgan fingerprint density at radius 2 is 2.32 bits per heavy atom. The number of nitrogens with zero attached hydrogens (tertiary/aromatic N) is 1. The quantitative estimate of drug-likeness (QED) is 0.561. The number of aromatic amines is 1. The smallest absolute Gasteiger partial charge is 0.330 e. The normalized spacial score (nSPS) is 34.1. The zero-order valence-electron chi connectivity index (χ0n) is 10.2. The summed E-state index contributed by atoms with van der Waals surface area (Å²) < 4.78 is 6.61. The first kappa shape index (κ1) is 13.5. The first-order chi connectivity index (χ1) is 8.92. The number of H-pyrrole nitrogens is 1. The lowest BCUT2D eigenvalue weighted by Crippen LogP contribution is -2.41. The van der Waals surface area contributed by atoms with Crippen LogP contribution in [0.5, 0.6) is 0 Å². The third-order valence-electron chi connectivity index (χ3n) is 3.29. The zero-order valence-corrected chi connectivity index (χ0v) is 10.2. The molecule has 0 unspecified atom stereocenters. The van der Waals surface area contributed by atoms with Crippen LogP contribution in [0.4, 0.5) is 0 Å². The van der Waals surface area contributed by atoms with Crippen molar-refractivity contribution in [3.63, 3.8) is 0 Å². The minimum absolute atomic E-state index is 0.444. The Balaban J connectivity index is 2.48. The SMILES string of the molecule is C#C[C@@H]1[C@H](n2ccc(=O)[nH]c2=O)O[C@](C)(CO)[C@H]1O. The lowest BCUT2D eigenvalue weighted by atomic mass is 9.92. The highest BCUT2D eigenvalue weighted by atomic mass is 16.6.